The van der Waals surface area contributed by atoms with E-state index in [9.17, 15) is 9.59 Å². The van der Waals surface area contributed by atoms with E-state index in [1.54, 1.807) is 24.3 Å². The molecule has 0 aromatic heterocycles. The highest BCUT2D eigenvalue weighted by Crippen LogP contribution is 2.11. The Morgan fingerprint density at radius 1 is 1.00 bits per heavy atom. The third-order valence-corrected chi connectivity index (χ3v) is 3.69. The lowest BCUT2D eigenvalue weighted by Crippen LogP contribution is -2.32. The molecule has 0 fully saturated rings. The largest absolute Gasteiger partial charge is 0.343 e. The number of aryl methyl sites for hydroxylation is 1. The maximum absolute atomic E-state index is 11.9. The first-order valence-corrected chi connectivity index (χ1v) is 7.80. The van der Waals surface area contributed by atoms with E-state index in [-0.39, 0.29) is 18.4 Å². The molecule has 0 saturated carbocycles. The molecule has 2 aromatic rings. The standard InChI is InChI=1S/C17H17BrN2O2/c1-2-12-3-9-15(10-4-12)20-16(21)11-19-17(22)13-5-7-14(18)8-6-13/h3-10H,2,11H2,1H3,(H,19,22)(H,20,21). The van der Waals surface area contributed by atoms with Gasteiger partial charge in [0, 0.05) is 15.7 Å². The van der Waals surface area contributed by atoms with E-state index in [1.165, 1.54) is 5.56 Å². The molecule has 0 radical (unpaired) electrons. The molecule has 0 atom stereocenters. The summed E-state index contributed by atoms with van der Waals surface area (Å²) in [4.78, 5) is 23.7. The number of benzene rings is 2. The van der Waals surface area contributed by atoms with E-state index in [0.29, 0.717) is 5.56 Å². The molecule has 22 heavy (non-hydrogen) atoms. The Bertz CT molecular complexity index is 651. The Balaban J connectivity index is 1.84. The summed E-state index contributed by atoms with van der Waals surface area (Å²) >= 11 is 3.31. The lowest BCUT2D eigenvalue weighted by atomic mass is 10.1. The Morgan fingerprint density at radius 3 is 2.23 bits per heavy atom. The number of anilines is 1. The van der Waals surface area contributed by atoms with Crippen LogP contribution in [0.3, 0.4) is 0 Å². The van der Waals surface area contributed by atoms with E-state index in [2.05, 4.69) is 33.5 Å². The zero-order chi connectivity index (χ0) is 15.9. The van der Waals surface area contributed by atoms with E-state index < -0.39 is 0 Å². The van der Waals surface area contributed by atoms with Gasteiger partial charge in [0.25, 0.3) is 5.91 Å². The maximum Gasteiger partial charge on any atom is 0.251 e. The second-order valence-electron chi connectivity index (χ2n) is 4.79. The predicted molar refractivity (Wildman–Crippen MR) is 90.9 cm³/mol. The van der Waals surface area contributed by atoms with E-state index in [1.807, 2.05) is 24.3 Å². The van der Waals surface area contributed by atoms with E-state index >= 15 is 0 Å². The Kier molecular flexibility index (Phi) is 5.72. The van der Waals surface area contributed by atoms with Crippen LogP contribution >= 0.6 is 15.9 Å². The van der Waals surface area contributed by atoms with E-state index in [0.717, 1.165) is 16.6 Å². The van der Waals surface area contributed by atoms with Crippen LogP contribution in [0.4, 0.5) is 5.69 Å². The minimum Gasteiger partial charge on any atom is -0.343 e. The average molecular weight is 361 g/mol. The van der Waals surface area contributed by atoms with Crippen molar-refractivity contribution in [3.63, 3.8) is 0 Å². The summed E-state index contributed by atoms with van der Waals surface area (Å²) < 4.78 is 0.900. The summed E-state index contributed by atoms with van der Waals surface area (Å²) in [7, 11) is 0. The summed E-state index contributed by atoms with van der Waals surface area (Å²) in [5, 5.41) is 5.34. The van der Waals surface area contributed by atoms with Crippen LogP contribution in [0, 0.1) is 0 Å². The summed E-state index contributed by atoms with van der Waals surface area (Å²) in [6, 6.07) is 14.6. The summed E-state index contributed by atoms with van der Waals surface area (Å²) in [5.41, 5.74) is 2.45. The fraction of sp³-hybridized carbons (Fsp3) is 0.176. The molecule has 0 spiro atoms. The minimum atomic E-state index is -0.274. The van der Waals surface area contributed by atoms with Crippen molar-refractivity contribution in [3.8, 4) is 0 Å². The minimum absolute atomic E-state index is 0.0651. The van der Waals surface area contributed by atoms with Gasteiger partial charge in [-0.05, 0) is 48.4 Å². The predicted octanol–water partition coefficient (Wildman–Crippen LogP) is 3.38. The van der Waals surface area contributed by atoms with Crippen molar-refractivity contribution >= 4 is 33.4 Å². The van der Waals surface area contributed by atoms with Gasteiger partial charge in [-0.3, -0.25) is 9.59 Å². The van der Waals surface area contributed by atoms with Gasteiger partial charge in [0.05, 0.1) is 6.54 Å². The van der Waals surface area contributed by atoms with Crippen molar-refractivity contribution in [2.75, 3.05) is 11.9 Å². The lowest BCUT2D eigenvalue weighted by molar-refractivity contribution is -0.115. The SMILES string of the molecule is CCc1ccc(NC(=O)CNC(=O)c2ccc(Br)cc2)cc1. The molecular formula is C17H17BrN2O2. The molecule has 0 unspecified atom stereocenters. The number of amides is 2. The molecule has 4 nitrogen and oxygen atoms in total. The number of carbonyl (C=O) groups is 2. The summed E-state index contributed by atoms with van der Waals surface area (Å²) in [6.07, 6.45) is 0.956. The van der Waals surface area contributed by atoms with Gasteiger partial charge in [-0.15, -0.1) is 0 Å². The Morgan fingerprint density at radius 2 is 1.64 bits per heavy atom. The van der Waals surface area contributed by atoms with Crippen LogP contribution in [0.15, 0.2) is 53.0 Å². The molecule has 2 N–H and O–H groups in total. The van der Waals surface area contributed by atoms with Crippen LogP contribution in [0.1, 0.15) is 22.8 Å². The lowest BCUT2D eigenvalue weighted by Gasteiger charge is -2.07. The highest BCUT2D eigenvalue weighted by molar-refractivity contribution is 9.10. The van der Waals surface area contributed by atoms with Crippen LogP contribution in [-0.2, 0) is 11.2 Å². The van der Waals surface area contributed by atoms with E-state index in [4.69, 9.17) is 0 Å². The van der Waals surface area contributed by atoms with Crippen LogP contribution in [0.2, 0.25) is 0 Å². The van der Waals surface area contributed by atoms with Gasteiger partial charge in [-0.2, -0.15) is 0 Å². The number of nitrogens with one attached hydrogen (secondary N) is 2. The van der Waals surface area contributed by atoms with Gasteiger partial charge in [0.2, 0.25) is 5.91 Å². The molecule has 0 saturated heterocycles. The molecular weight excluding hydrogens is 344 g/mol. The van der Waals surface area contributed by atoms with Crippen molar-refractivity contribution in [1.82, 2.24) is 5.32 Å². The van der Waals surface area contributed by atoms with Gasteiger partial charge in [0.1, 0.15) is 0 Å². The van der Waals surface area contributed by atoms with Crippen molar-refractivity contribution in [2.24, 2.45) is 0 Å². The molecule has 0 aliphatic carbocycles. The number of hydrogen-bond acceptors (Lipinski definition) is 2. The first kappa shape index (κ1) is 16.2. The molecule has 0 heterocycles. The molecule has 2 aromatic carbocycles. The quantitative estimate of drug-likeness (QED) is 0.858. The van der Waals surface area contributed by atoms with Gasteiger partial charge in [0.15, 0.2) is 0 Å². The fourth-order valence-electron chi connectivity index (χ4n) is 1.89. The molecule has 2 amide bonds. The number of carbonyl (C=O) groups excluding carboxylic acids is 2. The van der Waals surface area contributed by atoms with Crippen LogP contribution in [-0.4, -0.2) is 18.4 Å². The summed E-state index contributed by atoms with van der Waals surface area (Å²) in [6.45, 7) is 2.01. The summed E-state index contributed by atoms with van der Waals surface area (Å²) in [5.74, 6) is -0.529. The number of halogens is 1. The maximum atomic E-state index is 11.9. The van der Waals surface area contributed by atoms with Crippen LogP contribution in [0.5, 0.6) is 0 Å². The van der Waals surface area contributed by atoms with Crippen molar-refractivity contribution in [1.29, 1.82) is 0 Å². The van der Waals surface area contributed by atoms with Gasteiger partial charge in [-0.1, -0.05) is 35.0 Å². The second kappa shape index (κ2) is 7.75. The monoisotopic (exact) mass is 360 g/mol. The van der Waals surface area contributed by atoms with Gasteiger partial charge in [-0.25, -0.2) is 0 Å². The molecule has 114 valence electrons. The normalized spacial score (nSPS) is 10.1. The fourth-order valence-corrected chi connectivity index (χ4v) is 2.16. The third-order valence-electron chi connectivity index (χ3n) is 3.16. The molecule has 0 bridgehead atoms. The Labute approximate surface area is 138 Å². The second-order valence-corrected chi connectivity index (χ2v) is 5.70. The molecule has 5 heteroatoms. The highest BCUT2D eigenvalue weighted by Gasteiger charge is 2.08. The van der Waals surface area contributed by atoms with Crippen molar-refractivity contribution in [3.05, 3.63) is 64.1 Å². The topological polar surface area (TPSA) is 58.2 Å². The smallest absolute Gasteiger partial charge is 0.251 e. The third kappa shape index (κ3) is 4.70. The van der Waals surface area contributed by atoms with Crippen molar-refractivity contribution in [2.45, 2.75) is 13.3 Å². The van der Waals surface area contributed by atoms with Crippen molar-refractivity contribution < 1.29 is 9.59 Å². The highest BCUT2D eigenvalue weighted by atomic mass is 79.9. The molecule has 0 aliphatic rings. The molecule has 0 aliphatic heterocycles. The van der Waals surface area contributed by atoms with Gasteiger partial charge < -0.3 is 10.6 Å². The zero-order valence-corrected chi connectivity index (χ0v) is 13.8. The van der Waals surface area contributed by atoms with Gasteiger partial charge >= 0.3 is 0 Å². The number of rotatable bonds is 5. The first-order valence-electron chi connectivity index (χ1n) is 7.01. The first-order chi connectivity index (χ1) is 10.6. The Hall–Kier alpha value is -2.14. The van der Waals surface area contributed by atoms with Crippen LogP contribution < -0.4 is 10.6 Å². The number of hydrogen-bond donors (Lipinski definition) is 2. The zero-order valence-electron chi connectivity index (χ0n) is 12.2. The van der Waals surface area contributed by atoms with Crippen LogP contribution in [0.25, 0.3) is 0 Å². The molecule has 2 rings (SSSR count). The average Bonchev–Trinajstić information content (AvgIpc) is 2.54.